The van der Waals surface area contributed by atoms with Crippen LogP contribution in [0.15, 0.2) is 24.4 Å². The van der Waals surface area contributed by atoms with Crippen LogP contribution in [0.5, 0.6) is 5.75 Å². The number of methoxy groups -OCH3 is 1. The first-order chi connectivity index (χ1) is 8.22. The van der Waals surface area contributed by atoms with E-state index in [1.54, 1.807) is 7.11 Å². The maximum absolute atomic E-state index is 5.24. The van der Waals surface area contributed by atoms with E-state index in [1.165, 1.54) is 5.56 Å². The fraction of sp³-hybridized carbons (Fsp3) is 0.308. The minimum atomic E-state index is 0.797. The lowest BCUT2D eigenvalue weighted by Crippen LogP contribution is -1.93. The molecular formula is C13H17N3O. The molecule has 0 aliphatic heterocycles. The number of ether oxygens (including phenoxy) is 1. The van der Waals surface area contributed by atoms with Gasteiger partial charge < -0.3 is 15.0 Å². The third kappa shape index (κ3) is 2.58. The molecule has 1 aromatic carbocycles. The summed E-state index contributed by atoms with van der Waals surface area (Å²) in [7, 11) is 3.54. The minimum absolute atomic E-state index is 0.797. The van der Waals surface area contributed by atoms with Crippen LogP contribution in [0, 0.1) is 6.92 Å². The second-order valence-electron chi connectivity index (χ2n) is 3.99. The lowest BCUT2D eigenvalue weighted by Gasteiger charge is -2.06. The van der Waals surface area contributed by atoms with Crippen molar-refractivity contribution in [1.29, 1.82) is 0 Å². The largest absolute Gasteiger partial charge is 0.496 e. The third-order valence-corrected chi connectivity index (χ3v) is 2.72. The fourth-order valence-electron chi connectivity index (χ4n) is 1.85. The predicted molar refractivity (Wildman–Crippen MR) is 68.7 cm³/mol. The van der Waals surface area contributed by atoms with Gasteiger partial charge in [0.05, 0.1) is 13.3 Å². The number of H-pyrrole nitrogens is 1. The SMILES string of the molecule is CNc1ncc(Cc2ccc(OC)c(C)c2)[nH]1. The molecule has 4 nitrogen and oxygen atoms in total. The van der Waals surface area contributed by atoms with Gasteiger partial charge in [-0.2, -0.15) is 0 Å². The molecule has 2 rings (SSSR count). The molecule has 0 bridgehead atoms. The van der Waals surface area contributed by atoms with Crippen molar-refractivity contribution in [2.75, 3.05) is 19.5 Å². The molecule has 0 amide bonds. The van der Waals surface area contributed by atoms with Crippen LogP contribution < -0.4 is 10.1 Å². The molecule has 0 atom stereocenters. The van der Waals surface area contributed by atoms with E-state index in [4.69, 9.17) is 4.74 Å². The van der Waals surface area contributed by atoms with Crippen molar-refractivity contribution in [2.24, 2.45) is 0 Å². The summed E-state index contributed by atoms with van der Waals surface area (Å²) in [6.45, 7) is 2.05. The number of aromatic nitrogens is 2. The van der Waals surface area contributed by atoms with Gasteiger partial charge in [-0.1, -0.05) is 12.1 Å². The van der Waals surface area contributed by atoms with E-state index < -0.39 is 0 Å². The summed E-state index contributed by atoms with van der Waals surface area (Å²) in [5, 5.41) is 2.98. The number of anilines is 1. The first-order valence-corrected chi connectivity index (χ1v) is 5.58. The highest BCUT2D eigenvalue weighted by Gasteiger charge is 2.03. The lowest BCUT2D eigenvalue weighted by atomic mass is 10.1. The Morgan fingerprint density at radius 2 is 2.24 bits per heavy atom. The van der Waals surface area contributed by atoms with E-state index in [9.17, 15) is 0 Å². The predicted octanol–water partition coefficient (Wildman–Crippen LogP) is 2.36. The van der Waals surface area contributed by atoms with E-state index in [0.717, 1.165) is 29.4 Å². The molecule has 0 aliphatic rings. The molecule has 0 saturated carbocycles. The Bertz CT molecular complexity index is 505. The first-order valence-electron chi connectivity index (χ1n) is 5.58. The molecule has 17 heavy (non-hydrogen) atoms. The van der Waals surface area contributed by atoms with Crippen LogP contribution in [0.1, 0.15) is 16.8 Å². The van der Waals surface area contributed by atoms with Crippen LogP contribution in [0.4, 0.5) is 5.95 Å². The van der Waals surface area contributed by atoms with Gasteiger partial charge in [-0.05, 0) is 24.1 Å². The highest BCUT2D eigenvalue weighted by molar-refractivity contribution is 5.38. The number of imidazole rings is 1. The maximum atomic E-state index is 5.24. The van der Waals surface area contributed by atoms with Crippen molar-refractivity contribution in [1.82, 2.24) is 9.97 Å². The minimum Gasteiger partial charge on any atom is -0.496 e. The van der Waals surface area contributed by atoms with Gasteiger partial charge in [0.1, 0.15) is 5.75 Å². The summed E-state index contributed by atoms with van der Waals surface area (Å²) in [6, 6.07) is 6.21. The Morgan fingerprint density at radius 1 is 1.41 bits per heavy atom. The van der Waals surface area contributed by atoms with Gasteiger partial charge >= 0.3 is 0 Å². The quantitative estimate of drug-likeness (QED) is 0.849. The summed E-state index contributed by atoms with van der Waals surface area (Å²) in [4.78, 5) is 7.40. The Morgan fingerprint density at radius 3 is 2.82 bits per heavy atom. The van der Waals surface area contributed by atoms with Crippen LogP contribution in [-0.4, -0.2) is 24.1 Å². The molecule has 0 fully saturated rings. The van der Waals surface area contributed by atoms with Crippen LogP contribution in [-0.2, 0) is 6.42 Å². The molecule has 0 spiro atoms. The van der Waals surface area contributed by atoms with Crippen LogP contribution in [0.3, 0.4) is 0 Å². The topological polar surface area (TPSA) is 49.9 Å². The smallest absolute Gasteiger partial charge is 0.200 e. The van der Waals surface area contributed by atoms with Gasteiger partial charge in [0, 0.05) is 19.2 Å². The molecular weight excluding hydrogens is 214 g/mol. The molecule has 2 aromatic rings. The lowest BCUT2D eigenvalue weighted by molar-refractivity contribution is 0.411. The zero-order valence-corrected chi connectivity index (χ0v) is 10.4. The standard InChI is InChI=1S/C13H17N3O/c1-9-6-10(4-5-12(9)17-3)7-11-8-15-13(14-2)16-11/h4-6,8H,7H2,1-3H3,(H2,14,15,16). The fourth-order valence-corrected chi connectivity index (χ4v) is 1.85. The zero-order valence-electron chi connectivity index (χ0n) is 10.4. The van der Waals surface area contributed by atoms with E-state index in [1.807, 2.05) is 26.2 Å². The number of hydrogen-bond acceptors (Lipinski definition) is 3. The number of benzene rings is 1. The van der Waals surface area contributed by atoms with E-state index in [-0.39, 0.29) is 0 Å². The van der Waals surface area contributed by atoms with Gasteiger partial charge in [0.15, 0.2) is 5.95 Å². The van der Waals surface area contributed by atoms with E-state index >= 15 is 0 Å². The highest BCUT2D eigenvalue weighted by atomic mass is 16.5. The van der Waals surface area contributed by atoms with Crippen molar-refractivity contribution >= 4 is 5.95 Å². The van der Waals surface area contributed by atoms with Gasteiger partial charge in [-0.25, -0.2) is 4.98 Å². The Balaban J connectivity index is 2.15. The summed E-state index contributed by atoms with van der Waals surface area (Å²) < 4.78 is 5.24. The van der Waals surface area contributed by atoms with Crippen molar-refractivity contribution in [3.8, 4) is 5.75 Å². The van der Waals surface area contributed by atoms with Crippen molar-refractivity contribution in [3.63, 3.8) is 0 Å². The number of nitrogens with one attached hydrogen (secondary N) is 2. The number of aryl methyl sites for hydroxylation is 1. The Hall–Kier alpha value is -1.97. The number of rotatable bonds is 4. The molecule has 1 aromatic heterocycles. The number of nitrogens with zero attached hydrogens (tertiary/aromatic N) is 1. The summed E-state index contributed by atoms with van der Waals surface area (Å²) >= 11 is 0. The second-order valence-corrected chi connectivity index (χ2v) is 3.99. The van der Waals surface area contributed by atoms with Crippen molar-refractivity contribution in [3.05, 3.63) is 41.2 Å². The Labute approximate surface area is 101 Å². The summed E-state index contributed by atoms with van der Waals surface area (Å²) in [5.41, 5.74) is 3.49. The maximum Gasteiger partial charge on any atom is 0.200 e. The van der Waals surface area contributed by atoms with Crippen LogP contribution in [0.2, 0.25) is 0 Å². The molecule has 2 N–H and O–H groups in total. The van der Waals surface area contributed by atoms with E-state index in [2.05, 4.69) is 27.4 Å². The molecule has 4 heteroatoms. The Kier molecular flexibility index (Phi) is 3.32. The summed E-state index contributed by atoms with van der Waals surface area (Å²) in [6.07, 6.45) is 2.70. The van der Waals surface area contributed by atoms with Crippen LogP contribution >= 0.6 is 0 Å². The van der Waals surface area contributed by atoms with Gasteiger partial charge in [0.2, 0.25) is 0 Å². The molecule has 0 unspecified atom stereocenters. The number of aromatic amines is 1. The average Bonchev–Trinajstić information content (AvgIpc) is 2.77. The highest BCUT2D eigenvalue weighted by Crippen LogP contribution is 2.20. The first kappa shape index (κ1) is 11.5. The normalized spacial score (nSPS) is 10.3. The van der Waals surface area contributed by atoms with Gasteiger partial charge in [0.25, 0.3) is 0 Å². The van der Waals surface area contributed by atoms with Crippen molar-refractivity contribution < 1.29 is 4.74 Å². The molecule has 0 saturated heterocycles. The van der Waals surface area contributed by atoms with Gasteiger partial charge in [-0.3, -0.25) is 0 Å². The van der Waals surface area contributed by atoms with E-state index in [0.29, 0.717) is 0 Å². The average molecular weight is 231 g/mol. The molecule has 90 valence electrons. The van der Waals surface area contributed by atoms with Crippen LogP contribution in [0.25, 0.3) is 0 Å². The molecule has 0 aliphatic carbocycles. The van der Waals surface area contributed by atoms with Crippen molar-refractivity contribution in [2.45, 2.75) is 13.3 Å². The molecule has 0 radical (unpaired) electrons. The zero-order chi connectivity index (χ0) is 12.3. The molecule has 1 heterocycles. The third-order valence-electron chi connectivity index (χ3n) is 2.72. The second kappa shape index (κ2) is 4.91. The summed E-state index contributed by atoms with van der Waals surface area (Å²) in [5.74, 6) is 1.72. The van der Waals surface area contributed by atoms with Gasteiger partial charge in [-0.15, -0.1) is 0 Å². The number of hydrogen-bond donors (Lipinski definition) is 2. The monoisotopic (exact) mass is 231 g/mol.